The number of carbonyl (C=O) groups excluding carboxylic acids is 2. The molecule has 0 spiro atoms. The van der Waals surface area contributed by atoms with E-state index in [1.807, 2.05) is 27.7 Å². The van der Waals surface area contributed by atoms with Crippen LogP contribution in [0.3, 0.4) is 0 Å². The summed E-state index contributed by atoms with van der Waals surface area (Å²) in [4.78, 5) is 33.8. The molecule has 8 nitrogen and oxygen atoms in total. The van der Waals surface area contributed by atoms with Gasteiger partial charge in [0.1, 0.15) is 11.8 Å². The largest absolute Gasteiger partial charge is 0.480 e. The Morgan fingerprint density at radius 2 is 1.63 bits per heavy atom. The van der Waals surface area contributed by atoms with Gasteiger partial charge in [0.25, 0.3) is 0 Å². The molecule has 0 aliphatic rings. The van der Waals surface area contributed by atoms with E-state index in [0.717, 1.165) is 0 Å². The van der Waals surface area contributed by atoms with E-state index < -0.39 is 23.2 Å². The molecule has 8 heteroatoms. The minimum Gasteiger partial charge on any atom is -0.480 e. The number of ether oxygens (including phenoxy) is 2. The summed E-state index contributed by atoms with van der Waals surface area (Å²) in [5.41, 5.74) is -0.908. The molecule has 0 aromatic heterocycles. The fourth-order valence-electron chi connectivity index (χ4n) is 2.57. The summed E-state index contributed by atoms with van der Waals surface area (Å²) in [6.07, 6.45) is 1.40. The minimum atomic E-state index is -0.968. The Kier molecular flexibility index (Phi) is 11.4. The van der Waals surface area contributed by atoms with Crippen LogP contribution in [0.25, 0.3) is 0 Å². The zero-order chi connectivity index (χ0) is 21.1. The average molecular weight is 389 g/mol. The van der Waals surface area contributed by atoms with Crippen molar-refractivity contribution in [2.45, 2.75) is 77.5 Å². The molecule has 1 amide bonds. The summed E-state index contributed by atoms with van der Waals surface area (Å²) in [7, 11) is 1.55. The molecule has 1 unspecified atom stereocenters. The van der Waals surface area contributed by atoms with E-state index in [-0.39, 0.29) is 24.5 Å². The second kappa shape index (κ2) is 12.0. The Balaban J connectivity index is 3.99. The van der Waals surface area contributed by atoms with Crippen LogP contribution in [-0.2, 0) is 23.9 Å². The van der Waals surface area contributed by atoms with Gasteiger partial charge in [0.15, 0.2) is 0 Å². The lowest BCUT2D eigenvalue weighted by Crippen LogP contribution is -2.37. The van der Waals surface area contributed by atoms with Gasteiger partial charge in [-0.3, -0.25) is 14.4 Å². The normalized spacial score (nSPS) is 13.3. The zero-order valence-electron chi connectivity index (χ0n) is 17.5. The molecule has 158 valence electrons. The number of rotatable bonds is 15. The maximum Gasteiger partial charge on any atom is 0.320 e. The number of carbonyl (C=O) groups is 3. The lowest BCUT2D eigenvalue weighted by Gasteiger charge is -2.29. The highest BCUT2D eigenvalue weighted by atomic mass is 16.5. The fraction of sp³-hybridized carbons (Fsp3) is 0.842. The number of carboxylic acids is 1. The molecule has 0 aliphatic carbocycles. The Bertz CT molecular complexity index is 491. The molecule has 0 saturated heterocycles. The molecule has 3 N–H and O–H groups in total. The first-order valence-corrected chi connectivity index (χ1v) is 9.32. The first-order chi connectivity index (χ1) is 12.4. The Morgan fingerprint density at radius 3 is 2.15 bits per heavy atom. The van der Waals surface area contributed by atoms with E-state index >= 15 is 0 Å². The number of amides is 1. The standard InChI is InChI=1S/C19H36N2O6/c1-14(22)13-19(4,5)26-11-9-18(2,3)27-12-10-21-16(23)8-7-15(20-6)17(24)25/h15,20H,7-13H2,1-6H3,(H,21,23)(H,24,25). The summed E-state index contributed by atoms with van der Waals surface area (Å²) >= 11 is 0. The molecule has 27 heavy (non-hydrogen) atoms. The van der Waals surface area contributed by atoms with Crippen molar-refractivity contribution in [3.05, 3.63) is 0 Å². The van der Waals surface area contributed by atoms with Gasteiger partial charge in [-0.25, -0.2) is 0 Å². The van der Waals surface area contributed by atoms with Crippen LogP contribution in [0.4, 0.5) is 0 Å². The van der Waals surface area contributed by atoms with Crippen molar-refractivity contribution < 1.29 is 29.0 Å². The monoisotopic (exact) mass is 388 g/mol. The van der Waals surface area contributed by atoms with Crippen molar-refractivity contribution in [1.82, 2.24) is 10.6 Å². The highest BCUT2D eigenvalue weighted by molar-refractivity contribution is 5.78. The molecule has 0 fully saturated rings. The van der Waals surface area contributed by atoms with Gasteiger partial charge in [-0.2, -0.15) is 0 Å². The number of likely N-dealkylation sites (N-methyl/N-ethyl adjacent to an activating group) is 1. The molecule has 0 saturated carbocycles. The summed E-state index contributed by atoms with van der Waals surface area (Å²) < 4.78 is 11.6. The van der Waals surface area contributed by atoms with Crippen LogP contribution in [0.15, 0.2) is 0 Å². The third-order valence-electron chi connectivity index (χ3n) is 4.10. The van der Waals surface area contributed by atoms with Crippen molar-refractivity contribution in [2.75, 3.05) is 26.8 Å². The smallest absolute Gasteiger partial charge is 0.320 e. The van der Waals surface area contributed by atoms with Crippen LogP contribution in [0, 0.1) is 0 Å². The highest BCUT2D eigenvalue weighted by Crippen LogP contribution is 2.19. The van der Waals surface area contributed by atoms with Crippen LogP contribution >= 0.6 is 0 Å². The van der Waals surface area contributed by atoms with Gasteiger partial charge in [-0.15, -0.1) is 0 Å². The molecule has 0 aromatic carbocycles. The average Bonchev–Trinajstić information content (AvgIpc) is 2.50. The Labute approximate surface area is 162 Å². The number of nitrogens with one attached hydrogen (secondary N) is 2. The summed E-state index contributed by atoms with van der Waals surface area (Å²) in [5, 5.41) is 14.3. The van der Waals surface area contributed by atoms with Gasteiger partial charge in [0.2, 0.25) is 5.91 Å². The van der Waals surface area contributed by atoms with Gasteiger partial charge in [-0.05, 0) is 54.5 Å². The second-order valence-corrected chi connectivity index (χ2v) is 7.91. The fourth-order valence-corrected chi connectivity index (χ4v) is 2.57. The van der Waals surface area contributed by atoms with E-state index in [1.54, 1.807) is 14.0 Å². The van der Waals surface area contributed by atoms with Crippen LogP contribution in [-0.4, -0.2) is 66.8 Å². The highest BCUT2D eigenvalue weighted by Gasteiger charge is 2.24. The van der Waals surface area contributed by atoms with Crippen molar-refractivity contribution >= 4 is 17.7 Å². The molecule has 0 heterocycles. The molecule has 0 rings (SSSR count). The van der Waals surface area contributed by atoms with Crippen molar-refractivity contribution in [2.24, 2.45) is 0 Å². The van der Waals surface area contributed by atoms with Gasteiger partial charge in [-0.1, -0.05) is 0 Å². The van der Waals surface area contributed by atoms with Crippen LogP contribution < -0.4 is 10.6 Å². The summed E-state index contributed by atoms with van der Waals surface area (Å²) in [5.74, 6) is -1.08. The predicted molar refractivity (Wildman–Crippen MR) is 103 cm³/mol. The summed E-state index contributed by atoms with van der Waals surface area (Å²) in [6, 6.07) is -0.724. The number of Topliss-reactive ketones (excluding diaryl/α,β-unsaturated/α-hetero) is 1. The van der Waals surface area contributed by atoms with Gasteiger partial charge in [0.05, 0.1) is 24.4 Å². The van der Waals surface area contributed by atoms with Crippen LogP contribution in [0.1, 0.15) is 60.3 Å². The second-order valence-electron chi connectivity index (χ2n) is 7.91. The van der Waals surface area contributed by atoms with E-state index in [9.17, 15) is 14.4 Å². The molecule has 1 atom stereocenters. The van der Waals surface area contributed by atoms with Crippen molar-refractivity contribution in [1.29, 1.82) is 0 Å². The van der Waals surface area contributed by atoms with Crippen molar-refractivity contribution in [3.63, 3.8) is 0 Å². The third kappa shape index (κ3) is 13.3. The number of hydrogen-bond donors (Lipinski definition) is 3. The molecule has 0 radical (unpaired) electrons. The third-order valence-corrected chi connectivity index (χ3v) is 4.10. The van der Waals surface area contributed by atoms with Gasteiger partial charge < -0.3 is 25.2 Å². The topological polar surface area (TPSA) is 114 Å². The minimum absolute atomic E-state index is 0.0932. The zero-order valence-corrected chi connectivity index (χ0v) is 17.5. The predicted octanol–water partition coefficient (Wildman–Crippen LogP) is 1.52. The van der Waals surface area contributed by atoms with E-state index in [2.05, 4.69) is 10.6 Å². The van der Waals surface area contributed by atoms with E-state index in [4.69, 9.17) is 14.6 Å². The van der Waals surface area contributed by atoms with Gasteiger partial charge in [0, 0.05) is 19.4 Å². The number of carboxylic acid groups (broad SMARTS) is 1. The molecular weight excluding hydrogens is 352 g/mol. The molecule has 0 aromatic rings. The first-order valence-electron chi connectivity index (χ1n) is 9.32. The maximum absolute atomic E-state index is 11.7. The molecule has 0 aliphatic heterocycles. The lowest BCUT2D eigenvalue weighted by atomic mass is 10.0. The lowest BCUT2D eigenvalue weighted by molar-refractivity contribution is -0.139. The number of hydrogen-bond acceptors (Lipinski definition) is 6. The van der Waals surface area contributed by atoms with Gasteiger partial charge >= 0.3 is 5.97 Å². The molecular formula is C19H36N2O6. The number of ketones is 1. The SMILES string of the molecule is CNC(CCC(=O)NCCOC(C)(C)CCOC(C)(C)CC(C)=O)C(=O)O. The maximum atomic E-state index is 11.7. The Morgan fingerprint density at radius 1 is 1.04 bits per heavy atom. The first kappa shape index (κ1) is 25.5. The Hall–Kier alpha value is -1.51. The van der Waals surface area contributed by atoms with Crippen molar-refractivity contribution in [3.8, 4) is 0 Å². The quantitative estimate of drug-likeness (QED) is 0.364. The van der Waals surface area contributed by atoms with Crippen LogP contribution in [0.2, 0.25) is 0 Å². The molecule has 0 bridgehead atoms. The van der Waals surface area contributed by atoms with E-state index in [0.29, 0.717) is 32.6 Å². The summed E-state index contributed by atoms with van der Waals surface area (Å²) in [6.45, 7) is 10.4. The van der Waals surface area contributed by atoms with E-state index in [1.165, 1.54) is 0 Å². The number of aliphatic carboxylic acids is 1. The van der Waals surface area contributed by atoms with Crippen LogP contribution in [0.5, 0.6) is 0 Å².